The van der Waals surface area contributed by atoms with Gasteiger partial charge in [0.2, 0.25) is 5.88 Å². The first-order valence-electron chi connectivity index (χ1n) is 9.36. The van der Waals surface area contributed by atoms with Crippen molar-refractivity contribution in [3.05, 3.63) is 47.8 Å². The van der Waals surface area contributed by atoms with Crippen LogP contribution < -0.4 is 15.4 Å². The lowest BCUT2D eigenvalue weighted by Crippen LogP contribution is -2.40. The minimum absolute atomic E-state index is 0.0908. The first-order valence-corrected chi connectivity index (χ1v) is 9.36. The second kappa shape index (κ2) is 6.44. The van der Waals surface area contributed by atoms with Crippen molar-refractivity contribution in [3.8, 4) is 17.1 Å². The zero-order chi connectivity index (χ0) is 20.1. The molecule has 3 N–H and O–H groups in total. The number of rotatable bonds is 5. The highest BCUT2D eigenvalue weighted by Gasteiger charge is 2.66. The van der Waals surface area contributed by atoms with E-state index < -0.39 is 11.6 Å². The van der Waals surface area contributed by atoms with E-state index in [1.807, 2.05) is 6.07 Å². The number of hydrogen-bond acceptors (Lipinski definition) is 4. The Hall–Kier alpha value is -2.67. The van der Waals surface area contributed by atoms with Crippen LogP contribution in [0.3, 0.4) is 0 Å². The summed E-state index contributed by atoms with van der Waals surface area (Å²) in [6.45, 7) is 7.61. The highest BCUT2D eigenvalue weighted by molar-refractivity contribution is 5.67. The van der Waals surface area contributed by atoms with Gasteiger partial charge in [0.05, 0.1) is 11.2 Å². The molecule has 6 nitrogen and oxygen atoms in total. The molecule has 0 bridgehead atoms. The molecule has 2 aromatic rings. The molecular weight excluding hydrogens is 361 g/mol. The monoisotopic (exact) mass is 385 g/mol. The van der Waals surface area contributed by atoms with Gasteiger partial charge in [-0.05, 0) is 49.7 Å². The number of amides is 1. The van der Waals surface area contributed by atoms with Gasteiger partial charge in [-0.25, -0.2) is 14.2 Å². The van der Waals surface area contributed by atoms with Crippen LogP contribution in [0.2, 0.25) is 0 Å². The number of ether oxygens (including phenoxy) is 1. The minimum atomic E-state index is -1.11. The van der Waals surface area contributed by atoms with E-state index in [-0.39, 0.29) is 17.3 Å². The Kier molecular flexibility index (Phi) is 4.30. The molecule has 1 aliphatic heterocycles. The molecule has 2 fully saturated rings. The third-order valence-electron chi connectivity index (χ3n) is 5.95. The maximum Gasteiger partial charge on any atom is 0.405 e. The highest BCUT2D eigenvalue weighted by atomic mass is 19.1. The van der Waals surface area contributed by atoms with Crippen molar-refractivity contribution in [2.45, 2.75) is 32.4 Å². The number of hydrogen-bond donors (Lipinski definition) is 3. The predicted molar refractivity (Wildman–Crippen MR) is 103 cm³/mol. The third-order valence-corrected chi connectivity index (χ3v) is 5.95. The fraction of sp³-hybridized carbons (Fsp3) is 0.429. The number of benzene rings is 1. The van der Waals surface area contributed by atoms with E-state index in [0.717, 1.165) is 24.2 Å². The van der Waals surface area contributed by atoms with Crippen molar-refractivity contribution in [2.24, 2.45) is 11.3 Å². The molecule has 0 radical (unpaired) electrons. The van der Waals surface area contributed by atoms with Gasteiger partial charge in [-0.15, -0.1) is 0 Å². The van der Waals surface area contributed by atoms with Crippen molar-refractivity contribution in [1.82, 2.24) is 15.6 Å². The van der Waals surface area contributed by atoms with Gasteiger partial charge in [0.1, 0.15) is 11.9 Å². The van der Waals surface area contributed by atoms with Crippen LogP contribution in [0.1, 0.15) is 26.3 Å². The lowest BCUT2D eigenvalue weighted by atomic mass is 9.93. The molecule has 28 heavy (non-hydrogen) atoms. The second-order valence-electron chi connectivity index (χ2n) is 8.42. The Bertz CT molecular complexity index is 916. The Morgan fingerprint density at radius 1 is 1.36 bits per heavy atom. The van der Waals surface area contributed by atoms with Gasteiger partial charge in [-0.1, -0.05) is 6.92 Å². The molecule has 1 aromatic carbocycles. The summed E-state index contributed by atoms with van der Waals surface area (Å²) in [6.07, 6.45) is -1.02. The normalized spacial score (nSPS) is 25.9. The number of carbonyl (C=O) groups is 1. The number of fused-ring (bicyclic) bond motifs is 1. The van der Waals surface area contributed by atoms with Crippen LogP contribution in [0, 0.1) is 17.2 Å². The van der Waals surface area contributed by atoms with E-state index >= 15 is 0 Å². The molecule has 1 amide bonds. The Morgan fingerprint density at radius 3 is 2.68 bits per heavy atom. The quantitative estimate of drug-likeness (QED) is 0.735. The summed E-state index contributed by atoms with van der Waals surface area (Å²) in [7, 11) is 0. The molecule has 1 aliphatic carbocycles. The van der Waals surface area contributed by atoms with E-state index in [9.17, 15) is 14.3 Å². The van der Waals surface area contributed by atoms with Crippen molar-refractivity contribution in [3.63, 3.8) is 0 Å². The first kappa shape index (κ1) is 18.7. The summed E-state index contributed by atoms with van der Waals surface area (Å²) < 4.78 is 19.5. The van der Waals surface area contributed by atoms with E-state index in [1.54, 1.807) is 32.0 Å². The highest BCUT2D eigenvalue weighted by Crippen LogP contribution is 2.56. The Balaban J connectivity index is 1.70. The van der Waals surface area contributed by atoms with Gasteiger partial charge < -0.3 is 20.5 Å². The molecule has 3 atom stereocenters. The zero-order valence-electron chi connectivity index (χ0n) is 16.1. The average molecular weight is 385 g/mol. The summed E-state index contributed by atoms with van der Waals surface area (Å²) in [5.41, 5.74) is 1.35. The van der Waals surface area contributed by atoms with E-state index in [4.69, 9.17) is 4.74 Å². The van der Waals surface area contributed by atoms with Gasteiger partial charge in [-0.2, -0.15) is 0 Å². The average Bonchev–Trinajstić information content (AvgIpc) is 2.96. The molecule has 1 saturated carbocycles. The van der Waals surface area contributed by atoms with Gasteiger partial charge in [0.25, 0.3) is 0 Å². The fourth-order valence-electron chi connectivity index (χ4n) is 4.07. The molecule has 2 heterocycles. The maximum absolute atomic E-state index is 13.3. The lowest BCUT2D eigenvalue weighted by molar-refractivity contribution is 0.182. The van der Waals surface area contributed by atoms with E-state index in [1.165, 1.54) is 12.1 Å². The molecule has 1 aromatic heterocycles. The number of aromatic nitrogens is 1. The molecular formula is C21H24FN3O3. The topological polar surface area (TPSA) is 83.5 Å². The van der Waals surface area contributed by atoms with Gasteiger partial charge in [0, 0.05) is 36.1 Å². The number of carboxylic acid groups (broad SMARTS) is 1. The van der Waals surface area contributed by atoms with Crippen molar-refractivity contribution in [1.29, 1.82) is 0 Å². The fourth-order valence-corrected chi connectivity index (χ4v) is 4.07. The number of nitrogens with one attached hydrogen (secondary N) is 2. The van der Waals surface area contributed by atoms with Gasteiger partial charge in [-0.3, -0.25) is 0 Å². The van der Waals surface area contributed by atoms with Crippen LogP contribution in [0.15, 0.2) is 36.4 Å². The number of pyridine rings is 1. The van der Waals surface area contributed by atoms with Crippen LogP contribution in [-0.4, -0.2) is 35.4 Å². The summed E-state index contributed by atoms with van der Waals surface area (Å²) in [6, 6.07) is 9.66. The SMILES string of the molecule is CC(C)(NC(=O)O)c1cc(O[C@H]2[C@@H]3CNC[C@@]32C)nc(-c2ccc(F)cc2)c1. The second-order valence-corrected chi connectivity index (χ2v) is 8.42. The van der Waals surface area contributed by atoms with Crippen LogP contribution >= 0.6 is 0 Å². The van der Waals surface area contributed by atoms with Crippen molar-refractivity contribution < 1.29 is 19.0 Å². The summed E-state index contributed by atoms with van der Waals surface area (Å²) in [4.78, 5) is 15.8. The van der Waals surface area contributed by atoms with Crippen molar-refractivity contribution >= 4 is 6.09 Å². The van der Waals surface area contributed by atoms with Crippen LogP contribution in [0.4, 0.5) is 9.18 Å². The molecule has 4 rings (SSSR count). The molecule has 2 aliphatic rings. The predicted octanol–water partition coefficient (Wildman–Crippen LogP) is 3.38. The lowest BCUT2D eigenvalue weighted by Gasteiger charge is -2.26. The molecule has 148 valence electrons. The summed E-state index contributed by atoms with van der Waals surface area (Å²) >= 11 is 0. The summed E-state index contributed by atoms with van der Waals surface area (Å²) in [5, 5.41) is 15.1. The largest absolute Gasteiger partial charge is 0.473 e. The third kappa shape index (κ3) is 3.30. The van der Waals surface area contributed by atoms with E-state index in [0.29, 0.717) is 17.5 Å². The molecule has 0 unspecified atom stereocenters. The van der Waals surface area contributed by atoms with Gasteiger partial charge in [0.15, 0.2) is 0 Å². The molecule has 7 heteroatoms. The number of halogens is 1. The van der Waals surface area contributed by atoms with Crippen LogP contribution in [0.5, 0.6) is 5.88 Å². The van der Waals surface area contributed by atoms with Crippen LogP contribution in [0.25, 0.3) is 11.3 Å². The summed E-state index contributed by atoms with van der Waals surface area (Å²) in [5.74, 6) is 0.588. The number of piperidine rings is 1. The Labute approximate surface area is 163 Å². The first-order chi connectivity index (χ1) is 13.2. The maximum atomic E-state index is 13.3. The van der Waals surface area contributed by atoms with Crippen molar-refractivity contribution in [2.75, 3.05) is 13.1 Å². The minimum Gasteiger partial charge on any atom is -0.473 e. The smallest absolute Gasteiger partial charge is 0.405 e. The Morgan fingerprint density at radius 2 is 2.07 bits per heavy atom. The standard InChI is InChI=1S/C21H24FN3O3/c1-20(2,25-19(26)27)13-8-16(12-4-6-14(22)7-5-12)24-17(9-13)28-18-15-10-23-11-21(15,18)3/h4-9,15,18,23,25H,10-11H2,1-3H3,(H,26,27)/t15-,18-,21-/m0/s1. The van der Waals surface area contributed by atoms with Crippen LogP contribution in [-0.2, 0) is 5.54 Å². The molecule has 0 spiro atoms. The zero-order valence-corrected chi connectivity index (χ0v) is 16.1. The van der Waals surface area contributed by atoms with Gasteiger partial charge >= 0.3 is 6.09 Å². The number of nitrogens with zero attached hydrogens (tertiary/aromatic N) is 1. The van der Waals surface area contributed by atoms with E-state index in [2.05, 4.69) is 22.5 Å². The molecule has 1 saturated heterocycles.